The van der Waals surface area contributed by atoms with Gasteiger partial charge in [-0.2, -0.15) is 0 Å². The van der Waals surface area contributed by atoms with Crippen molar-refractivity contribution >= 4 is 22.6 Å². The van der Waals surface area contributed by atoms with Gasteiger partial charge in [-0.3, -0.25) is 0 Å². The number of nitrogens with zero attached hydrogens (tertiary/aromatic N) is 2. The Morgan fingerprint density at radius 1 is 1.37 bits per heavy atom. The van der Waals surface area contributed by atoms with Crippen LogP contribution >= 0.6 is 0 Å². The predicted octanol–water partition coefficient (Wildman–Crippen LogP) is 2.92. The maximum atomic E-state index is 11.3. The van der Waals surface area contributed by atoms with Crippen molar-refractivity contribution in [1.29, 1.82) is 0 Å². The number of carboxylic acid groups (broad SMARTS) is 1. The summed E-state index contributed by atoms with van der Waals surface area (Å²) < 4.78 is 0. The van der Waals surface area contributed by atoms with Gasteiger partial charge in [0, 0.05) is 29.6 Å². The molecule has 2 heterocycles. The molecule has 0 aliphatic carbocycles. The van der Waals surface area contributed by atoms with Crippen LogP contribution < -0.4 is 4.90 Å². The fraction of sp³-hybridized carbons (Fsp3) is 0.333. The average Bonchev–Trinajstić information content (AvgIpc) is 2.83. The molecule has 0 bridgehead atoms. The lowest BCUT2D eigenvalue weighted by Gasteiger charge is -2.24. The van der Waals surface area contributed by atoms with Gasteiger partial charge in [-0.05, 0) is 19.8 Å². The zero-order valence-electron chi connectivity index (χ0n) is 10.8. The quantitative estimate of drug-likeness (QED) is 0.897. The SMILES string of the molecule is CC1CCCN1c1ncc(C(=O)O)c2ccccc12. The smallest absolute Gasteiger partial charge is 0.337 e. The molecule has 4 nitrogen and oxygen atoms in total. The third-order valence-corrected chi connectivity index (χ3v) is 3.83. The third kappa shape index (κ3) is 1.93. The number of rotatable bonds is 2. The van der Waals surface area contributed by atoms with Gasteiger partial charge in [0.25, 0.3) is 0 Å². The predicted molar refractivity (Wildman–Crippen MR) is 74.7 cm³/mol. The van der Waals surface area contributed by atoms with Crippen molar-refractivity contribution in [3.63, 3.8) is 0 Å². The standard InChI is InChI=1S/C15H16N2O2/c1-10-5-4-8-17(10)14-12-7-3-2-6-11(12)13(9-16-14)15(18)19/h2-3,6-7,9-10H,4-5,8H2,1H3,(H,18,19). The zero-order chi connectivity index (χ0) is 13.4. The lowest BCUT2D eigenvalue weighted by molar-refractivity contribution is 0.0698. The second-order valence-electron chi connectivity index (χ2n) is 5.03. The van der Waals surface area contributed by atoms with Crippen molar-refractivity contribution in [3.05, 3.63) is 36.0 Å². The first-order valence-corrected chi connectivity index (χ1v) is 6.56. The van der Waals surface area contributed by atoms with Crippen LogP contribution in [0.25, 0.3) is 10.8 Å². The monoisotopic (exact) mass is 256 g/mol. The van der Waals surface area contributed by atoms with Crippen molar-refractivity contribution in [3.8, 4) is 0 Å². The second kappa shape index (κ2) is 4.53. The van der Waals surface area contributed by atoms with E-state index in [1.54, 1.807) is 0 Å². The number of hydrogen-bond donors (Lipinski definition) is 1. The van der Waals surface area contributed by atoms with E-state index < -0.39 is 5.97 Å². The minimum atomic E-state index is -0.926. The van der Waals surface area contributed by atoms with Gasteiger partial charge in [-0.15, -0.1) is 0 Å². The van der Waals surface area contributed by atoms with Gasteiger partial charge >= 0.3 is 5.97 Å². The molecule has 3 rings (SSSR count). The van der Waals surface area contributed by atoms with E-state index >= 15 is 0 Å². The molecule has 98 valence electrons. The molecule has 0 saturated carbocycles. The van der Waals surface area contributed by atoms with Gasteiger partial charge in [0.1, 0.15) is 5.82 Å². The molecule has 1 fully saturated rings. The summed E-state index contributed by atoms with van der Waals surface area (Å²) in [6.45, 7) is 3.18. The van der Waals surface area contributed by atoms with Gasteiger partial charge in [0.2, 0.25) is 0 Å². The highest BCUT2D eigenvalue weighted by molar-refractivity contribution is 6.06. The largest absolute Gasteiger partial charge is 0.478 e. The number of carbonyl (C=O) groups is 1. The molecule has 1 aromatic carbocycles. The Bertz CT molecular complexity index is 639. The van der Waals surface area contributed by atoms with Crippen LogP contribution in [0.2, 0.25) is 0 Å². The first-order chi connectivity index (χ1) is 9.18. The van der Waals surface area contributed by atoms with Gasteiger partial charge in [-0.1, -0.05) is 24.3 Å². The Morgan fingerprint density at radius 2 is 2.11 bits per heavy atom. The summed E-state index contributed by atoms with van der Waals surface area (Å²) in [5.74, 6) is -0.0182. The molecule has 1 atom stereocenters. The van der Waals surface area contributed by atoms with Crippen LogP contribution in [0, 0.1) is 0 Å². The van der Waals surface area contributed by atoms with Gasteiger partial charge in [-0.25, -0.2) is 9.78 Å². The molecule has 1 aliphatic heterocycles. The van der Waals surface area contributed by atoms with E-state index in [-0.39, 0.29) is 5.56 Å². The van der Waals surface area contributed by atoms with E-state index in [1.165, 1.54) is 6.20 Å². The molecule has 4 heteroatoms. The summed E-state index contributed by atoms with van der Waals surface area (Å²) in [5, 5.41) is 10.9. The number of aromatic nitrogens is 1. The molecular formula is C15H16N2O2. The number of benzene rings is 1. The fourth-order valence-electron chi connectivity index (χ4n) is 2.82. The molecule has 2 aromatic rings. The van der Waals surface area contributed by atoms with E-state index in [1.807, 2.05) is 24.3 Å². The number of pyridine rings is 1. The first-order valence-electron chi connectivity index (χ1n) is 6.56. The zero-order valence-corrected chi connectivity index (χ0v) is 10.8. The minimum absolute atomic E-state index is 0.270. The molecule has 19 heavy (non-hydrogen) atoms. The molecular weight excluding hydrogens is 240 g/mol. The highest BCUT2D eigenvalue weighted by atomic mass is 16.4. The fourth-order valence-corrected chi connectivity index (χ4v) is 2.82. The molecule has 1 aliphatic rings. The van der Waals surface area contributed by atoms with Crippen molar-refractivity contribution in [2.24, 2.45) is 0 Å². The Hall–Kier alpha value is -2.10. The normalized spacial score (nSPS) is 19.0. The van der Waals surface area contributed by atoms with Crippen LogP contribution in [0.3, 0.4) is 0 Å². The van der Waals surface area contributed by atoms with Gasteiger partial charge in [0.05, 0.1) is 5.56 Å². The molecule has 0 radical (unpaired) electrons. The number of fused-ring (bicyclic) bond motifs is 1. The summed E-state index contributed by atoms with van der Waals surface area (Å²) in [5.41, 5.74) is 0.270. The van der Waals surface area contributed by atoms with E-state index in [0.29, 0.717) is 6.04 Å². The molecule has 1 N–H and O–H groups in total. The summed E-state index contributed by atoms with van der Waals surface area (Å²) >= 11 is 0. The first kappa shape index (κ1) is 12.0. The Morgan fingerprint density at radius 3 is 2.74 bits per heavy atom. The van der Waals surface area contributed by atoms with E-state index in [2.05, 4.69) is 16.8 Å². The molecule has 1 saturated heterocycles. The number of hydrogen-bond acceptors (Lipinski definition) is 3. The highest BCUT2D eigenvalue weighted by Gasteiger charge is 2.24. The van der Waals surface area contributed by atoms with Crippen LogP contribution in [-0.4, -0.2) is 28.6 Å². The maximum absolute atomic E-state index is 11.3. The topological polar surface area (TPSA) is 53.4 Å². The summed E-state index contributed by atoms with van der Waals surface area (Å²) in [6, 6.07) is 8.07. The van der Waals surface area contributed by atoms with Crippen LogP contribution in [-0.2, 0) is 0 Å². The van der Waals surface area contributed by atoms with Crippen LogP contribution in [0.5, 0.6) is 0 Å². The van der Waals surface area contributed by atoms with E-state index in [0.717, 1.165) is 36.0 Å². The maximum Gasteiger partial charge on any atom is 0.337 e. The number of aromatic carboxylic acids is 1. The van der Waals surface area contributed by atoms with Crippen molar-refractivity contribution in [2.45, 2.75) is 25.8 Å². The lowest BCUT2D eigenvalue weighted by Crippen LogP contribution is -2.27. The van der Waals surface area contributed by atoms with Crippen molar-refractivity contribution in [1.82, 2.24) is 4.98 Å². The third-order valence-electron chi connectivity index (χ3n) is 3.83. The van der Waals surface area contributed by atoms with E-state index in [9.17, 15) is 9.90 Å². The van der Waals surface area contributed by atoms with Crippen molar-refractivity contribution in [2.75, 3.05) is 11.4 Å². The number of anilines is 1. The van der Waals surface area contributed by atoms with E-state index in [4.69, 9.17) is 0 Å². The molecule has 0 amide bonds. The summed E-state index contributed by atoms with van der Waals surface area (Å²) in [4.78, 5) is 17.9. The van der Waals surface area contributed by atoms with Gasteiger partial charge in [0.15, 0.2) is 0 Å². The molecule has 1 aromatic heterocycles. The lowest BCUT2D eigenvalue weighted by atomic mass is 10.1. The Kier molecular flexibility index (Phi) is 2.85. The Labute approximate surface area is 111 Å². The average molecular weight is 256 g/mol. The van der Waals surface area contributed by atoms with Crippen LogP contribution in [0.4, 0.5) is 5.82 Å². The molecule has 1 unspecified atom stereocenters. The summed E-state index contributed by atoms with van der Waals surface area (Å²) in [7, 11) is 0. The van der Waals surface area contributed by atoms with Crippen LogP contribution in [0.1, 0.15) is 30.1 Å². The van der Waals surface area contributed by atoms with Gasteiger partial charge < -0.3 is 10.0 Å². The summed E-state index contributed by atoms with van der Waals surface area (Å²) in [6.07, 6.45) is 3.81. The number of carboxylic acids is 1. The van der Waals surface area contributed by atoms with Crippen LogP contribution in [0.15, 0.2) is 30.5 Å². The second-order valence-corrected chi connectivity index (χ2v) is 5.03. The van der Waals surface area contributed by atoms with Crippen molar-refractivity contribution < 1.29 is 9.90 Å². The minimum Gasteiger partial charge on any atom is -0.478 e. The molecule has 0 spiro atoms. The highest BCUT2D eigenvalue weighted by Crippen LogP contribution is 2.31. The Balaban J connectivity index is 2.22.